The molecule has 0 aliphatic carbocycles. The summed E-state index contributed by atoms with van der Waals surface area (Å²) >= 11 is 0. The highest BCUT2D eigenvalue weighted by atomic mass is 32.2. The molecule has 0 bridgehead atoms. The Morgan fingerprint density at radius 2 is 2.11 bits per heavy atom. The van der Waals surface area contributed by atoms with Crippen molar-refractivity contribution in [3.63, 3.8) is 0 Å². The van der Waals surface area contributed by atoms with Gasteiger partial charge in [-0.05, 0) is 19.3 Å². The van der Waals surface area contributed by atoms with Gasteiger partial charge in [0.25, 0.3) is 0 Å². The number of anilines is 1. The van der Waals surface area contributed by atoms with E-state index >= 15 is 0 Å². The number of carboxylic acids is 1. The fourth-order valence-electron chi connectivity index (χ4n) is 1.62. The van der Waals surface area contributed by atoms with Gasteiger partial charge in [-0.2, -0.15) is 4.72 Å². The predicted octanol–water partition coefficient (Wildman–Crippen LogP) is 0.343. The topological polar surface area (TPSA) is 136 Å². The Morgan fingerprint density at radius 3 is 2.47 bits per heavy atom. The van der Waals surface area contributed by atoms with Crippen LogP contribution in [0, 0.1) is 12.8 Å². The first kappa shape index (κ1) is 15.4. The van der Waals surface area contributed by atoms with Crippen LogP contribution in [0.15, 0.2) is 9.42 Å². The number of hydrogen-bond donors (Lipinski definition) is 3. The van der Waals surface area contributed by atoms with E-state index in [9.17, 15) is 13.2 Å². The van der Waals surface area contributed by atoms with E-state index < -0.39 is 22.0 Å². The zero-order valence-corrected chi connectivity index (χ0v) is 11.7. The Hall–Kier alpha value is -1.61. The molecule has 0 saturated carbocycles. The van der Waals surface area contributed by atoms with Crippen LogP contribution in [0.4, 0.5) is 5.82 Å². The molecule has 0 fully saturated rings. The second-order valence-corrected chi connectivity index (χ2v) is 6.25. The van der Waals surface area contributed by atoms with Gasteiger partial charge < -0.3 is 15.4 Å². The van der Waals surface area contributed by atoms with Crippen molar-refractivity contribution in [1.82, 2.24) is 9.88 Å². The van der Waals surface area contributed by atoms with Crippen LogP contribution < -0.4 is 10.5 Å². The van der Waals surface area contributed by atoms with Crippen molar-refractivity contribution < 1.29 is 22.8 Å². The number of carboxylic acid groups (broad SMARTS) is 1. The van der Waals surface area contributed by atoms with Gasteiger partial charge in [0, 0.05) is 0 Å². The standard InChI is InChI=1S/C10H17N3O5S/c1-5(2)4-7(10(14)15)13-19(16,17)8-6(3)18-12-9(8)11/h5,7,13H,4H2,1-3H3,(H2,11,12)(H,14,15)/t7-/m1/s1. The molecule has 0 radical (unpaired) electrons. The lowest BCUT2D eigenvalue weighted by Gasteiger charge is -2.16. The molecule has 1 heterocycles. The van der Waals surface area contributed by atoms with Gasteiger partial charge in [0.15, 0.2) is 16.5 Å². The Kier molecular flexibility index (Phi) is 4.53. The summed E-state index contributed by atoms with van der Waals surface area (Å²) in [7, 11) is -4.08. The van der Waals surface area contributed by atoms with Gasteiger partial charge in [0.1, 0.15) is 6.04 Å². The smallest absolute Gasteiger partial charge is 0.321 e. The fourth-order valence-corrected chi connectivity index (χ4v) is 3.04. The molecule has 0 amide bonds. The van der Waals surface area contributed by atoms with Gasteiger partial charge >= 0.3 is 5.97 Å². The zero-order valence-electron chi connectivity index (χ0n) is 10.9. The number of nitrogens with one attached hydrogen (secondary N) is 1. The quantitative estimate of drug-likeness (QED) is 0.687. The first-order valence-electron chi connectivity index (χ1n) is 5.62. The molecule has 1 aromatic rings. The second kappa shape index (κ2) is 5.57. The van der Waals surface area contributed by atoms with Crippen LogP contribution in [0.1, 0.15) is 26.0 Å². The van der Waals surface area contributed by atoms with Gasteiger partial charge in [-0.1, -0.05) is 19.0 Å². The number of hydrogen-bond acceptors (Lipinski definition) is 6. The molecular formula is C10H17N3O5S. The van der Waals surface area contributed by atoms with E-state index in [-0.39, 0.29) is 28.8 Å². The van der Waals surface area contributed by atoms with Crippen LogP contribution in [0.2, 0.25) is 0 Å². The molecule has 108 valence electrons. The van der Waals surface area contributed by atoms with Gasteiger partial charge in [-0.15, -0.1) is 0 Å². The Morgan fingerprint density at radius 1 is 1.53 bits per heavy atom. The average molecular weight is 291 g/mol. The number of carbonyl (C=O) groups is 1. The number of rotatable bonds is 6. The third-order valence-corrected chi connectivity index (χ3v) is 4.03. The maximum atomic E-state index is 12.1. The molecular weight excluding hydrogens is 274 g/mol. The van der Waals surface area contributed by atoms with Crippen molar-refractivity contribution in [3.05, 3.63) is 5.76 Å². The summed E-state index contributed by atoms with van der Waals surface area (Å²) in [4.78, 5) is 10.7. The summed E-state index contributed by atoms with van der Waals surface area (Å²) in [5, 5.41) is 12.4. The largest absolute Gasteiger partial charge is 0.480 e. The van der Waals surface area contributed by atoms with Crippen LogP contribution >= 0.6 is 0 Å². The Labute approximate surface area is 111 Å². The molecule has 9 heteroatoms. The molecule has 19 heavy (non-hydrogen) atoms. The number of sulfonamides is 1. The molecule has 0 aliphatic rings. The number of nitrogens with two attached hydrogens (primary N) is 1. The number of nitrogens with zero attached hydrogens (tertiary/aromatic N) is 1. The van der Waals surface area contributed by atoms with Crippen molar-refractivity contribution in [2.24, 2.45) is 5.92 Å². The normalized spacial score (nSPS) is 13.7. The second-order valence-electron chi connectivity index (χ2n) is 4.59. The lowest BCUT2D eigenvalue weighted by molar-refractivity contribution is -0.139. The highest BCUT2D eigenvalue weighted by Gasteiger charge is 2.30. The van der Waals surface area contributed by atoms with Gasteiger partial charge in [0.05, 0.1) is 0 Å². The van der Waals surface area contributed by atoms with E-state index in [0.717, 1.165) is 0 Å². The fraction of sp³-hybridized carbons (Fsp3) is 0.600. The van der Waals surface area contributed by atoms with Crippen molar-refractivity contribution in [2.45, 2.75) is 38.1 Å². The van der Waals surface area contributed by atoms with Crippen molar-refractivity contribution in [3.8, 4) is 0 Å². The highest BCUT2D eigenvalue weighted by Crippen LogP contribution is 2.22. The third-order valence-electron chi connectivity index (χ3n) is 2.40. The first-order valence-corrected chi connectivity index (χ1v) is 7.10. The molecule has 4 N–H and O–H groups in total. The van der Waals surface area contributed by atoms with E-state index in [0.29, 0.717) is 0 Å². The van der Waals surface area contributed by atoms with E-state index in [2.05, 4.69) is 14.4 Å². The zero-order chi connectivity index (χ0) is 14.8. The van der Waals surface area contributed by atoms with E-state index in [1.165, 1.54) is 6.92 Å². The molecule has 1 rings (SSSR count). The molecule has 0 saturated heterocycles. The van der Waals surface area contributed by atoms with E-state index in [1.807, 2.05) is 0 Å². The SMILES string of the molecule is Cc1onc(N)c1S(=O)(=O)N[C@H](CC(C)C)C(=O)O. The van der Waals surface area contributed by atoms with Crippen LogP contribution in [0.25, 0.3) is 0 Å². The average Bonchev–Trinajstić information content (AvgIpc) is 2.56. The molecule has 8 nitrogen and oxygen atoms in total. The summed E-state index contributed by atoms with van der Waals surface area (Å²) < 4.78 is 30.9. The molecule has 0 aromatic carbocycles. The predicted molar refractivity (Wildman–Crippen MR) is 66.9 cm³/mol. The summed E-state index contributed by atoms with van der Waals surface area (Å²) in [6, 6.07) is -1.22. The van der Waals surface area contributed by atoms with Crippen LogP contribution in [0.3, 0.4) is 0 Å². The number of nitrogen functional groups attached to an aromatic ring is 1. The lowest BCUT2D eigenvalue weighted by Crippen LogP contribution is -2.41. The van der Waals surface area contributed by atoms with Gasteiger partial charge in [0.2, 0.25) is 10.0 Å². The lowest BCUT2D eigenvalue weighted by atomic mass is 10.1. The van der Waals surface area contributed by atoms with E-state index in [1.54, 1.807) is 13.8 Å². The minimum atomic E-state index is -4.08. The highest BCUT2D eigenvalue weighted by molar-refractivity contribution is 7.89. The van der Waals surface area contributed by atoms with Crippen LogP contribution in [-0.2, 0) is 14.8 Å². The van der Waals surface area contributed by atoms with Gasteiger partial charge in [-0.3, -0.25) is 4.79 Å². The van der Waals surface area contributed by atoms with Gasteiger partial charge in [-0.25, -0.2) is 8.42 Å². The number of aliphatic carboxylic acids is 1. The third kappa shape index (κ3) is 3.67. The van der Waals surface area contributed by atoms with Crippen molar-refractivity contribution in [2.75, 3.05) is 5.73 Å². The summed E-state index contributed by atoms with van der Waals surface area (Å²) in [5.74, 6) is -1.51. The Balaban J connectivity index is 3.05. The maximum Gasteiger partial charge on any atom is 0.321 e. The Bertz CT molecular complexity index is 544. The summed E-state index contributed by atoms with van der Waals surface area (Å²) in [6.07, 6.45) is 0.165. The molecule has 1 atom stereocenters. The van der Waals surface area contributed by atoms with Crippen LogP contribution in [0.5, 0.6) is 0 Å². The van der Waals surface area contributed by atoms with Crippen LogP contribution in [-0.4, -0.2) is 30.7 Å². The minimum Gasteiger partial charge on any atom is -0.480 e. The maximum absolute atomic E-state index is 12.1. The summed E-state index contributed by atoms with van der Waals surface area (Å²) in [5.41, 5.74) is 5.41. The molecule has 1 aromatic heterocycles. The monoisotopic (exact) mass is 291 g/mol. The minimum absolute atomic E-state index is 0.0127. The van der Waals surface area contributed by atoms with Crippen molar-refractivity contribution in [1.29, 1.82) is 0 Å². The summed E-state index contributed by atoms with van der Waals surface area (Å²) in [6.45, 7) is 4.97. The number of aryl methyl sites for hydroxylation is 1. The molecule has 0 aliphatic heterocycles. The first-order chi connectivity index (χ1) is 8.65. The van der Waals surface area contributed by atoms with E-state index in [4.69, 9.17) is 10.8 Å². The molecule has 0 unspecified atom stereocenters. The number of aromatic nitrogens is 1. The van der Waals surface area contributed by atoms with Crippen molar-refractivity contribution >= 4 is 21.8 Å². The molecule has 0 spiro atoms.